The maximum Gasteiger partial charge on any atom is 0.419 e. The number of hydrogen-bond acceptors (Lipinski definition) is 4. The van der Waals surface area contributed by atoms with Crippen LogP contribution in [0.1, 0.15) is 31.4 Å². The summed E-state index contributed by atoms with van der Waals surface area (Å²) in [5, 5.41) is 13.8. The number of aryl methyl sites for hydroxylation is 1. The zero-order valence-corrected chi connectivity index (χ0v) is 11.6. The number of nitrogens with zero attached hydrogens (tertiary/aromatic N) is 1. The number of aliphatic hydroxyl groups excluding tert-OH is 1. The lowest BCUT2D eigenvalue weighted by Crippen LogP contribution is -2.33. The summed E-state index contributed by atoms with van der Waals surface area (Å²) < 4.78 is 6.84. The number of fused-ring (bicyclic) bond motifs is 1. The Labute approximate surface area is 117 Å². The molecule has 0 radical (unpaired) electrons. The summed E-state index contributed by atoms with van der Waals surface area (Å²) in [6, 6.07) is 5.55. The molecule has 1 aromatic heterocycles. The van der Waals surface area contributed by atoms with E-state index in [0.717, 1.165) is 37.0 Å². The Bertz CT molecular complexity index is 653. The number of aliphatic hydroxyl groups is 1. The smallest absolute Gasteiger partial charge is 0.408 e. The third-order valence-corrected chi connectivity index (χ3v) is 4.13. The first-order chi connectivity index (χ1) is 9.70. The van der Waals surface area contributed by atoms with Crippen LogP contribution in [0.4, 0.5) is 0 Å². The number of aromatic nitrogens is 1. The van der Waals surface area contributed by atoms with Gasteiger partial charge in [-0.05, 0) is 44.0 Å². The molecule has 1 aliphatic rings. The Kier molecular flexibility index (Phi) is 3.63. The van der Waals surface area contributed by atoms with Crippen molar-refractivity contribution in [3.8, 4) is 0 Å². The summed E-state index contributed by atoms with van der Waals surface area (Å²) in [5.74, 6) is -0.116. The van der Waals surface area contributed by atoms with Gasteiger partial charge in [0.15, 0.2) is 5.58 Å². The van der Waals surface area contributed by atoms with Crippen molar-refractivity contribution in [2.75, 3.05) is 13.1 Å². The molecule has 5 nitrogen and oxygen atoms in total. The lowest BCUT2D eigenvalue weighted by atomic mass is 9.89. The highest BCUT2D eigenvalue weighted by molar-refractivity contribution is 5.73. The molecule has 3 rings (SSSR count). The van der Waals surface area contributed by atoms with E-state index in [1.807, 2.05) is 19.1 Å². The van der Waals surface area contributed by atoms with Crippen LogP contribution in [-0.4, -0.2) is 22.8 Å². The zero-order valence-electron chi connectivity index (χ0n) is 11.6. The second-order valence-corrected chi connectivity index (χ2v) is 5.39. The van der Waals surface area contributed by atoms with Crippen LogP contribution in [-0.2, 0) is 6.54 Å². The maximum atomic E-state index is 11.7. The van der Waals surface area contributed by atoms with Crippen LogP contribution in [0.5, 0.6) is 0 Å². The SMILES string of the molecule is CCn1c(=O)oc2cc(C(O)C3CCCNC3)ccc21. The van der Waals surface area contributed by atoms with Gasteiger partial charge in [0.1, 0.15) is 0 Å². The van der Waals surface area contributed by atoms with Crippen LogP contribution in [0, 0.1) is 5.92 Å². The second-order valence-electron chi connectivity index (χ2n) is 5.39. The van der Waals surface area contributed by atoms with Crippen molar-refractivity contribution in [3.05, 3.63) is 34.3 Å². The molecule has 0 bridgehead atoms. The average molecular weight is 276 g/mol. The Balaban J connectivity index is 1.94. The molecule has 0 amide bonds. The molecule has 1 aliphatic heterocycles. The van der Waals surface area contributed by atoms with Gasteiger partial charge in [0.2, 0.25) is 0 Å². The number of oxazole rings is 1. The Hall–Kier alpha value is -1.59. The van der Waals surface area contributed by atoms with E-state index in [9.17, 15) is 9.90 Å². The molecule has 1 fully saturated rings. The minimum absolute atomic E-state index is 0.223. The molecule has 2 heterocycles. The molecule has 1 saturated heterocycles. The van der Waals surface area contributed by atoms with Gasteiger partial charge in [-0.25, -0.2) is 4.79 Å². The molecule has 2 aromatic rings. The molecule has 5 heteroatoms. The summed E-state index contributed by atoms with van der Waals surface area (Å²) in [6.07, 6.45) is 1.60. The quantitative estimate of drug-likeness (QED) is 0.894. The van der Waals surface area contributed by atoms with Gasteiger partial charge in [0, 0.05) is 19.0 Å². The first-order valence-electron chi connectivity index (χ1n) is 7.22. The van der Waals surface area contributed by atoms with E-state index in [0.29, 0.717) is 12.1 Å². The van der Waals surface area contributed by atoms with E-state index in [2.05, 4.69) is 5.32 Å². The van der Waals surface area contributed by atoms with Crippen LogP contribution in [0.2, 0.25) is 0 Å². The number of nitrogens with one attached hydrogen (secondary N) is 1. The molecule has 0 aliphatic carbocycles. The van der Waals surface area contributed by atoms with E-state index >= 15 is 0 Å². The zero-order chi connectivity index (χ0) is 14.1. The lowest BCUT2D eigenvalue weighted by molar-refractivity contribution is 0.0922. The van der Waals surface area contributed by atoms with E-state index in [4.69, 9.17) is 4.42 Å². The minimum atomic E-state index is -0.512. The minimum Gasteiger partial charge on any atom is -0.408 e. The van der Waals surface area contributed by atoms with Crippen LogP contribution in [0.3, 0.4) is 0 Å². The third kappa shape index (κ3) is 2.27. The van der Waals surface area contributed by atoms with Gasteiger partial charge in [0.05, 0.1) is 11.6 Å². The van der Waals surface area contributed by atoms with Crippen molar-refractivity contribution < 1.29 is 9.52 Å². The fourth-order valence-corrected chi connectivity index (χ4v) is 2.99. The summed E-state index contributed by atoms with van der Waals surface area (Å²) in [6.45, 7) is 4.35. The predicted octanol–water partition coefficient (Wildman–Crippen LogP) is 1.65. The molecular formula is C15H20N2O3. The van der Waals surface area contributed by atoms with Crippen molar-refractivity contribution in [1.29, 1.82) is 0 Å². The molecular weight excluding hydrogens is 256 g/mol. The highest BCUT2D eigenvalue weighted by atomic mass is 16.4. The molecule has 0 spiro atoms. The molecule has 1 aromatic carbocycles. The number of benzene rings is 1. The van der Waals surface area contributed by atoms with Gasteiger partial charge < -0.3 is 14.8 Å². The molecule has 2 N–H and O–H groups in total. The first-order valence-corrected chi connectivity index (χ1v) is 7.22. The molecule has 2 atom stereocenters. The predicted molar refractivity (Wildman–Crippen MR) is 76.7 cm³/mol. The number of hydrogen-bond donors (Lipinski definition) is 2. The monoisotopic (exact) mass is 276 g/mol. The molecule has 20 heavy (non-hydrogen) atoms. The largest absolute Gasteiger partial charge is 0.419 e. The topological polar surface area (TPSA) is 67.4 Å². The third-order valence-electron chi connectivity index (χ3n) is 4.13. The fourth-order valence-electron chi connectivity index (χ4n) is 2.99. The standard InChI is InChI=1S/C15H20N2O3/c1-2-17-12-6-5-10(8-13(12)20-15(17)19)14(18)11-4-3-7-16-9-11/h5-6,8,11,14,16,18H,2-4,7,9H2,1H3. The van der Waals surface area contributed by atoms with E-state index in [1.54, 1.807) is 10.6 Å². The summed E-state index contributed by atoms with van der Waals surface area (Å²) in [7, 11) is 0. The van der Waals surface area contributed by atoms with Crippen molar-refractivity contribution in [1.82, 2.24) is 9.88 Å². The Morgan fingerprint density at radius 2 is 2.40 bits per heavy atom. The van der Waals surface area contributed by atoms with Gasteiger partial charge in [-0.2, -0.15) is 0 Å². The van der Waals surface area contributed by atoms with Gasteiger partial charge in [-0.15, -0.1) is 0 Å². The number of rotatable bonds is 3. The molecule has 2 unspecified atom stereocenters. The van der Waals surface area contributed by atoms with Gasteiger partial charge >= 0.3 is 5.76 Å². The lowest BCUT2D eigenvalue weighted by Gasteiger charge is -2.27. The molecule has 0 saturated carbocycles. The average Bonchev–Trinajstić information content (AvgIpc) is 2.81. The normalized spacial score (nSPS) is 21.2. The Morgan fingerprint density at radius 1 is 1.55 bits per heavy atom. The van der Waals surface area contributed by atoms with Crippen LogP contribution in [0.15, 0.2) is 27.4 Å². The summed E-state index contributed by atoms with van der Waals surface area (Å²) >= 11 is 0. The van der Waals surface area contributed by atoms with Crippen molar-refractivity contribution in [2.24, 2.45) is 5.92 Å². The van der Waals surface area contributed by atoms with E-state index in [1.165, 1.54) is 0 Å². The first kappa shape index (κ1) is 13.4. The van der Waals surface area contributed by atoms with Crippen molar-refractivity contribution in [2.45, 2.75) is 32.4 Å². The van der Waals surface area contributed by atoms with E-state index < -0.39 is 6.10 Å². The van der Waals surface area contributed by atoms with Crippen LogP contribution < -0.4 is 11.1 Å². The number of piperidine rings is 1. The Morgan fingerprint density at radius 3 is 3.10 bits per heavy atom. The maximum absolute atomic E-state index is 11.7. The fraction of sp³-hybridized carbons (Fsp3) is 0.533. The second kappa shape index (κ2) is 5.42. The van der Waals surface area contributed by atoms with Crippen LogP contribution in [0.25, 0.3) is 11.1 Å². The molecule has 108 valence electrons. The van der Waals surface area contributed by atoms with Gasteiger partial charge in [-0.1, -0.05) is 6.07 Å². The van der Waals surface area contributed by atoms with Crippen LogP contribution >= 0.6 is 0 Å². The highest BCUT2D eigenvalue weighted by Crippen LogP contribution is 2.29. The van der Waals surface area contributed by atoms with Gasteiger partial charge in [-0.3, -0.25) is 4.57 Å². The highest BCUT2D eigenvalue weighted by Gasteiger charge is 2.23. The van der Waals surface area contributed by atoms with Gasteiger partial charge in [0.25, 0.3) is 0 Å². The van der Waals surface area contributed by atoms with Crippen molar-refractivity contribution in [3.63, 3.8) is 0 Å². The van der Waals surface area contributed by atoms with E-state index in [-0.39, 0.29) is 11.7 Å². The summed E-state index contributed by atoms with van der Waals surface area (Å²) in [4.78, 5) is 11.7. The summed E-state index contributed by atoms with van der Waals surface area (Å²) in [5.41, 5.74) is 2.16. The van der Waals surface area contributed by atoms with Crippen molar-refractivity contribution >= 4 is 11.1 Å².